The number of nitrogens with zero attached hydrogens (tertiary/aromatic N) is 9. The van der Waals surface area contributed by atoms with Gasteiger partial charge in [0.05, 0.1) is 64.6 Å². The molecule has 0 radical (unpaired) electrons. The van der Waals surface area contributed by atoms with Gasteiger partial charge in [0.1, 0.15) is 43.6 Å². The van der Waals surface area contributed by atoms with Crippen molar-refractivity contribution in [2.45, 2.75) is 9.79 Å². The molecular weight excluding hydrogens is 1800 g/mol. The number of aromatic nitrogens is 6. The zero-order valence-electron chi connectivity index (χ0n) is 64.7. The second-order valence-electron chi connectivity index (χ2n) is 29.3. The predicted octanol–water partition coefficient (Wildman–Crippen LogP) is 32.0. The molecule has 0 bridgehead atoms. The van der Waals surface area contributed by atoms with Gasteiger partial charge in [0.2, 0.25) is 23.6 Å². The monoisotopic (exact) mass is 1850 g/mol. The van der Waals surface area contributed by atoms with Crippen LogP contribution < -0.4 is 28.9 Å². The summed E-state index contributed by atoms with van der Waals surface area (Å²) in [5.74, 6) is 6.61. The smallest absolute Gasteiger partial charge is 0.231 e. The van der Waals surface area contributed by atoms with Crippen LogP contribution in [0.1, 0.15) is 0 Å². The van der Waals surface area contributed by atoms with Gasteiger partial charge in [-0.15, -0.1) is 22.7 Å². The maximum atomic E-state index is 6.54. The molecule has 0 amide bonds. The molecule has 6 aromatic heterocycles. The molecule has 0 unspecified atom stereocenters. The molecule has 22 aromatic rings. The highest BCUT2D eigenvalue weighted by atomic mass is 79.9. The predicted molar refractivity (Wildman–Crippen MR) is 507 cm³/mol. The lowest BCUT2D eigenvalue weighted by Crippen LogP contribution is -2.16. The fraction of sp³-hybridized carbons (Fsp3) is 0. The number of rotatable bonds is 11. The first-order valence-electron chi connectivity index (χ1n) is 39.5. The van der Waals surface area contributed by atoms with Crippen LogP contribution in [0, 0.1) is 0 Å². The Hall–Kier alpha value is -14.2. The summed E-state index contributed by atoms with van der Waals surface area (Å²) in [7, 11) is 0. The highest BCUT2D eigenvalue weighted by Crippen LogP contribution is 2.58. The Morgan fingerprint density at radius 3 is 1.34 bits per heavy atom. The number of hydrogen-bond donors (Lipinski definition) is 0. The van der Waals surface area contributed by atoms with E-state index in [0.29, 0.717) is 40.8 Å². The van der Waals surface area contributed by atoms with Crippen molar-refractivity contribution in [1.82, 2.24) is 29.9 Å². The zero-order valence-corrected chi connectivity index (χ0v) is 71.9. The summed E-state index contributed by atoms with van der Waals surface area (Å²) >= 11 is 16.1. The minimum Gasteiger partial charge on any atom is -0.456 e. The lowest BCUT2D eigenvalue weighted by Gasteiger charge is -2.33. The third-order valence-electron chi connectivity index (χ3n) is 21.4. The van der Waals surface area contributed by atoms with Gasteiger partial charge >= 0.3 is 0 Å². The maximum Gasteiger partial charge on any atom is 0.231 e. The van der Waals surface area contributed by atoms with Gasteiger partial charge in [0, 0.05) is 75.7 Å². The number of anilines is 9. The van der Waals surface area contributed by atoms with Gasteiger partial charge in [-0.2, -0.15) is 0 Å². The Morgan fingerprint density at radius 2 is 0.742 bits per heavy atom. The molecule has 3 aliphatic rings. The topological polar surface area (TPSA) is 167 Å². The van der Waals surface area contributed by atoms with Gasteiger partial charge in [-0.1, -0.05) is 153 Å². The Bertz CT molecular complexity index is 7770. The normalized spacial score (nSPS) is 12.4. The molecule has 3 aliphatic heterocycles. The number of oxazole rings is 4. The van der Waals surface area contributed by atoms with Crippen molar-refractivity contribution in [2.75, 3.05) is 14.7 Å². The third kappa shape index (κ3) is 14.0. The highest BCUT2D eigenvalue weighted by molar-refractivity contribution is 9.11. The van der Waals surface area contributed by atoms with Crippen LogP contribution in [0.5, 0.6) is 34.5 Å². The SMILES string of the molecule is Brc1cc2c(cc1Oc1ccccc1)N(c1ccc(-c3nc4ccccc4s3)cc1)c1cc(-c3nc4ccccc4s3)ccc1O2.Brc1ccc2c(c1)Oc1c(-c3nc4ccccc4o3)cccc1N2c1cccc(-c2nc3ccccc3o2)c1.Brc1ccc2c(c1)Sc1cc(-c3nc4ccccc4o3)ccc1N2c1cccc(-c2nc3ccccc3o2)c1. The first-order chi connectivity index (χ1) is 61.1. The summed E-state index contributed by atoms with van der Waals surface area (Å²) in [6.45, 7) is 0. The van der Waals surface area contributed by atoms with Crippen LogP contribution in [-0.4, -0.2) is 29.9 Å². The number of benzene rings is 16. The van der Waals surface area contributed by atoms with Crippen LogP contribution in [0.25, 0.3) is 132 Å². The van der Waals surface area contributed by atoms with Gasteiger partial charge in [0.25, 0.3) is 0 Å². The van der Waals surface area contributed by atoms with Gasteiger partial charge in [-0.3, -0.25) is 0 Å². The molecule has 25 rings (SSSR count). The van der Waals surface area contributed by atoms with Crippen molar-refractivity contribution < 1.29 is 31.9 Å². The zero-order chi connectivity index (χ0) is 82.5. The van der Waals surface area contributed by atoms with Crippen LogP contribution >= 0.6 is 82.2 Å². The largest absolute Gasteiger partial charge is 0.456 e. The average Bonchev–Trinajstić information content (AvgIpc) is 1.09. The fourth-order valence-corrected chi connectivity index (χ4v) is 20.0. The van der Waals surface area contributed by atoms with Gasteiger partial charge in [-0.25, -0.2) is 29.9 Å². The summed E-state index contributed by atoms with van der Waals surface area (Å²) in [5.41, 5.74) is 22.7. The summed E-state index contributed by atoms with van der Waals surface area (Å²) < 4.78 is 48.9. The average molecular weight is 1860 g/mol. The summed E-state index contributed by atoms with van der Waals surface area (Å²) in [6.07, 6.45) is 0. The van der Waals surface area contributed by atoms with Crippen LogP contribution in [0.3, 0.4) is 0 Å². The minimum absolute atomic E-state index is 0.506. The molecule has 16 aromatic carbocycles. The summed E-state index contributed by atoms with van der Waals surface area (Å²) in [6, 6.07) is 118. The van der Waals surface area contributed by atoms with Crippen molar-refractivity contribution in [2.24, 2.45) is 0 Å². The molecule has 0 saturated carbocycles. The van der Waals surface area contributed by atoms with Crippen molar-refractivity contribution >= 4 is 198 Å². The first-order valence-corrected chi connectivity index (χ1v) is 44.4. The van der Waals surface area contributed by atoms with E-state index < -0.39 is 0 Å². The van der Waals surface area contributed by atoms with Crippen LogP contribution in [0.4, 0.5) is 51.2 Å². The van der Waals surface area contributed by atoms with E-state index in [1.54, 1.807) is 34.4 Å². The molecule has 592 valence electrons. The van der Waals surface area contributed by atoms with E-state index in [0.717, 1.165) is 195 Å². The molecule has 9 heterocycles. The number of thiazole rings is 2. The lowest BCUT2D eigenvalue weighted by atomic mass is 10.1. The number of ether oxygens (including phenoxy) is 3. The third-order valence-corrected chi connectivity index (χ3v) is 26.3. The van der Waals surface area contributed by atoms with Gasteiger partial charge in [0.15, 0.2) is 45.3 Å². The maximum absolute atomic E-state index is 6.54. The molecular formula is C102H58Br3N9O7S3. The minimum atomic E-state index is 0.506. The second kappa shape index (κ2) is 31.3. The molecule has 22 heteroatoms. The van der Waals surface area contributed by atoms with Gasteiger partial charge in [-0.05, 0) is 246 Å². The Labute approximate surface area is 744 Å². The molecule has 124 heavy (non-hydrogen) atoms. The second-order valence-corrected chi connectivity index (χ2v) is 35.1. The molecule has 0 aliphatic carbocycles. The molecule has 0 atom stereocenters. The Balaban J connectivity index is 0.000000108. The number of hydrogen-bond acceptors (Lipinski definition) is 19. The highest BCUT2D eigenvalue weighted by Gasteiger charge is 2.34. The van der Waals surface area contributed by atoms with E-state index in [2.05, 4.69) is 196 Å². The molecule has 16 nitrogen and oxygen atoms in total. The van der Waals surface area contributed by atoms with Crippen LogP contribution in [0.15, 0.2) is 393 Å². The summed E-state index contributed by atoms with van der Waals surface area (Å²) in [5, 5.41) is 1.96. The molecule has 0 N–H and O–H groups in total. The van der Waals surface area contributed by atoms with Crippen molar-refractivity contribution in [3.8, 4) is 101 Å². The van der Waals surface area contributed by atoms with E-state index in [4.69, 9.17) is 61.8 Å². The Morgan fingerprint density at radius 1 is 0.282 bits per heavy atom. The molecule has 0 fully saturated rings. The number of halogens is 3. The van der Waals surface area contributed by atoms with Crippen molar-refractivity contribution in [3.05, 3.63) is 365 Å². The Kier molecular flexibility index (Phi) is 18.9. The van der Waals surface area contributed by atoms with Crippen molar-refractivity contribution in [3.63, 3.8) is 0 Å². The van der Waals surface area contributed by atoms with E-state index in [1.165, 1.54) is 4.70 Å². The van der Waals surface area contributed by atoms with Crippen LogP contribution in [-0.2, 0) is 0 Å². The van der Waals surface area contributed by atoms with Crippen LogP contribution in [0.2, 0.25) is 0 Å². The number of fused-ring (bicyclic) bond motifs is 12. The lowest BCUT2D eigenvalue weighted by molar-refractivity contribution is 0.463. The standard InChI is InChI=1S/C38H22BrN3O2S2.C32H18BrN3O3.C32H18BrN3O2S/c39-27-21-34-31(22-33(27)43-26-8-2-1-3-9-26)42(25-17-14-23(15-18-25)37-40-28-10-4-6-12-35(28)45-37)30-20-24(16-19-32(30)44-34)38-41-29-11-5-7-13-36(29)46-38;33-20-15-16-25-29(18-20)37-30-22(32-35-24-11-2-4-14-28(24)39-32)9-6-12-26(30)36(25)21-8-5-7-19(17-21)31-34-23-10-1-3-13-27(23)38-31;33-21-13-15-26-30(18-21)39-29-17-20(32-35-24-9-2-4-11-28(24)38-32)12-14-25(29)36(26)22-7-5-6-19(16-22)31-34-23-8-1-3-10-27(23)37-31/h1-22H;2*1-18H. The van der Waals surface area contributed by atoms with E-state index >= 15 is 0 Å². The molecule has 0 spiro atoms. The van der Waals surface area contributed by atoms with Gasteiger partial charge < -0.3 is 46.6 Å². The quantitative estimate of drug-likeness (QED) is 0.120. The van der Waals surface area contributed by atoms with E-state index in [1.807, 2.05) is 218 Å². The number of para-hydroxylation sites is 12. The van der Waals surface area contributed by atoms with E-state index in [9.17, 15) is 0 Å². The molecule has 0 saturated heterocycles. The van der Waals surface area contributed by atoms with Crippen molar-refractivity contribution in [1.29, 1.82) is 0 Å². The first kappa shape index (κ1) is 74.8. The van der Waals surface area contributed by atoms with E-state index in [-0.39, 0.29) is 0 Å². The summed E-state index contributed by atoms with van der Waals surface area (Å²) in [4.78, 5) is 37.7. The fourth-order valence-electron chi connectivity index (χ4n) is 15.6.